The first-order valence-corrected chi connectivity index (χ1v) is 6.68. The fourth-order valence-corrected chi connectivity index (χ4v) is 2.09. The van der Waals surface area contributed by atoms with Crippen molar-refractivity contribution in [3.05, 3.63) is 41.0 Å². The van der Waals surface area contributed by atoms with E-state index in [4.69, 9.17) is 16.7 Å². The van der Waals surface area contributed by atoms with E-state index in [0.29, 0.717) is 16.3 Å². The maximum absolute atomic E-state index is 12.0. The third-order valence-electron chi connectivity index (χ3n) is 2.83. The van der Waals surface area contributed by atoms with Gasteiger partial charge in [0.25, 0.3) is 5.91 Å². The molecule has 0 unspecified atom stereocenters. The number of rotatable bonds is 5. The summed E-state index contributed by atoms with van der Waals surface area (Å²) in [6, 6.07) is 8.27. The Balaban J connectivity index is 2.11. The number of hydrogen-bond donors (Lipinski definition) is 3. The first kappa shape index (κ1) is 15.1. The third-order valence-corrected chi connectivity index (χ3v) is 3.16. The summed E-state index contributed by atoms with van der Waals surface area (Å²) in [5.74, 6) is -1.38. The lowest BCUT2D eigenvalue weighted by Crippen LogP contribution is -2.34. The van der Waals surface area contributed by atoms with E-state index in [1.807, 2.05) is 6.07 Å². The average molecular weight is 308 g/mol. The number of amides is 1. The van der Waals surface area contributed by atoms with Crippen LogP contribution in [0, 0.1) is 0 Å². The molecular weight excluding hydrogens is 294 g/mol. The fraction of sp³-hybridized carbons (Fsp3) is 0.214. The highest BCUT2D eigenvalue weighted by atomic mass is 35.5. The van der Waals surface area contributed by atoms with Gasteiger partial charge in [-0.1, -0.05) is 29.8 Å². The van der Waals surface area contributed by atoms with Crippen molar-refractivity contribution < 1.29 is 14.7 Å². The van der Waals surface area contributed by atoms with E-state index in [2.05, 4.69) is 15.5 Å². The summed E-state index contributed by atoms with van der Waals surface area (Å²) in [6.45, 7) is 1.62. The standard InChI is InChI=1S/C14H14ClN3O3/c1-8(6-13(19)20)16-14(21)12-7-11(17-18-12)9-4-2-3-5-10(9)15/h2-5,7-8H,6H2,1H3,(H,16,21)(H,17,18)(H,19,20)/t8-/m0/s1. The van der Waals surface area contributed by atoms with Crippen LogP contribution in [0.3, 0.4) is 0 Å². The first-order valence-electron chi connectivity index (χ1n) is 6.30. The molecule has 0 spiro atoms. The second-order valence-corrected chi connectivity index (χ2v) is 5.03. The van der Waals surface area contributed by atoms with E-state index < -0.39 is 17.9 Å². The number of carboxylic acid groups (broad SMARTS) is 1. The number of nitrogens with zero attached hydrogens (tertiary/aromatic N) is 1. The van der Waals surface area contributed by atoms with Crippen LogP contribution in [0.25, 0.3) is 11.3 Å². The molecule has 1 aromatic carbocycles. The van der Waals surface area contributed by atoms with Crippen molar-refractivity contribution in [2.24, 2.45) is 0 Å². The van der Waals surface area contributed by atoms with Gasteiger partial charge in [0.1, 0.15) is 5.69 Å². The molecule has 0 radical (unpaired) electrons. The highest BCUT2D eigenvalue weighted by Crippen LogP contribution is 2.26. The molecule has 110 valence electrons. The Kier molecular flexibility index (Phi) is 4.59. The van der Waals surface area contributed by atoms with Gasteiger partial charge in [0.2, 0.25) is 0 Å². The van der Waals surface area contributed by atoms with Gasteiger partial charge in [0.05, 0.1) is 17.1 Å². The summed E-state index contributed by atoms with van der Waals surface area (Å²) in [5, 5.41) is 18.5. The molecule has 7 heteroatoms. The lowest BCUT2D eigenvalue weighted by Gasteiger charge is -2.09. The lowest BCUT2D eigenvalue weighted by atomic mass is 10.1. The Bertz CT molecular complexity index is 669. The number of halogens is 1. The predicted octanol–water partition coefficient (Wildman–Crippen LogP) is 2.32. The predicted molar refractivity (Wildman–Crippen MR) is 78.2 cm³/mol. The normalized spacial score (nSPS) is 11.9. The number of nitrogens with one attached hydrogen (secondary N) is 2. The van der Waals surface area contributed by atoms with E-state index in [1.54, 1.807) is 31.2 Å². The van der Waals surface area contributed by atoms with E-state index in [0.717, 1.165) is 0 Å². The third kappa shape index (κ3) is 3.82. The van der Waals surface area contributed by atoms with Crippen LogP contribution in [0.15, 0.2) is 30.3 Å². The molecule has 6 nitrogen and oxygen atoms in total. The average Bonchev–Trinajstić information content (AvgIpc) is 2.87. The Morgan fingerprint density at radius 1 is 1.43 bits per heavy atom. The van der Waals surface area contributed by atoms with Crippen molar-refractivity contribution in [2.75, 3.05) is 0 Å². The Morgan fingerprint density at radius 3 is 2.81 bits per heavy atom. The molecule has 0 aliphatic rings. The van der Waals surface area contributed by atoms with Crippen LogP contribution in [0.2, 0.25) is 5.02 Å². The van der Waals surface area contributed by atoms with Crippen LogP contribution >= 0.6 is 11.6 Å². The summed E-state index contributed by atoms with van der Waals surface area (Å²) in [5.41, 5.74) is 1.52. The van der Waals surface area contributed by atoms with Crippen molar-refractivity contribution in [3.63, 3.8) is 0 Å². The van der Waals surface area contributed by atoms with E-state index >= 15 is 0 Å². The van der Waals surface area contributed by atoms with Gasteiger partial charge in [0.15, 0.2) is 0 Å². The molecule has 2 aromatic rings. The molecule has 0 aliphatic heterocycles. The van der Waals surface area contributed by atoms with Crippen LogP contribution in [-0.4, -0.2) is 33.2 Å². The molecule has 2 rings (SSSR count). The van der Waals surface area contributed by atoms with Gasteiger partial charge < -0.3 is 10.4 Å². The zero-order valence-corrected chi connectivity index (χ0v) is 12.0. The van der Waals surface area contributed by atoms with Crippen molar-refractivity contribution in [1.29, 1.82) is 0 Å². The summed E-state index contributed by atoms with van der Waals surface area (Å²) in [4.78, 5) is 22.5. The maximum atomic E-state index is 12.0. The Labute approximate surface area is 126 Å². The van der Waals surface area contributed by atoms with Crippen molar-refractivity contribution in [3.8, 4) is 11.3 Å². The topological polar surface area (TPSA) is 95.1 Å². The van der Waals surface area contributed by atoms with Gasteiger partial charge in [-0.25, -0.2) is 0 Å². The van der Waals surface area contributed by atoms with Crippen molar-refractivity contribution in [2.45, 2.75) is 19.4 Å². The molecule has 0 fully saturated rings. The van der Waals surface area contributed by atoms with Crippen LogP contribution in [0.5, 0.6) is 0 Å². The molecule has 1 aromatic heterocycles. The minimum atomic E-state index is -0.968. The zero-order chi connectivity index (χ0) is 15.4. The summed E-state index contributed by atoms with van der Waals surface area (Å²) >= 11 is 6.07. The highest BCUT2D eigenvalue weighted by molar-refractivity contribution is 6.33. The number of aliphatic carboxylic acids is 1. The molecule has 1 atom stereocenters. The Hall–Kier alpha value is -2.34. The lowest BCUT2D eigenvalue weighted by molar-refractivity contribution is -0.137. The minimum Gasteiger partial charge on any atom is -0.481 e. The molecule has 0 saturated carbocycles. The molecule has 0 aliphatic carbocycles. The molecule has 21 heavy (non-hydrogen) atoms. The number of aromatic amines is 1. The number of hydrogen-bond acceptors (Lipinski definition) is 3. The van der Waals surface area contributed by atoms with Crippen LogP contribution in [-0.2, 0) is 4.79 Å². The number of carbonyl (C=O) groups excluding carboxylic acids is 1. The number of H-pyrrole nitrogens is 1. The molecule has 0 saturated heterocycles. The molecular formula is C14H14ClN3O3. The van der Waals surface area contributed by atoms with Gasteiger partial charge in [-0.2, -0.15) is 5.10 Å². The van der Waals surface area contributed by atoms with E-state index in [1.165, 1.54) is 0 Å². The molecule has 1 amide bonds. The Morgan fingerprint density at radius 2 is 2.14 bits per heavy atom. The smallest absolute Gasteiger partial charge is 0.305 e. The molecule has 0 bridgehead atoms. The second kappa shape index (κ2) is 6.41. The number of benzene rings is 1. The van der Waals surface area contributed by atoms with Gasteiger partial charge in [-0.3, -0.25) is 14.7 Å². The number of carbonyl (C=O) groups is 2. The SMILES string of the molecule is C[C@@H](CC(=O)O)NC(=O)c1cc(-c2ccccc2Cl)n[nH]1. The number of carboxylic acids is 1. The van der Waals surface area contributed by atoms with Crippen LogP contribution in [0.4, 0.5) is 0 Å². The van der Waals surface area contributed by atoms with Gasteiger partial charge in [-0.05, 0) is 19.1 Å². The largest absolute Gasteiger partial charge is 0.481 e. The maximum Gasteiger partial charge on any atom is 0.305 e. The molecule has 1 heterocycles. The van der Waals surface area contributed by atoms with Crippen molar-refractivity contribution in [1.82, 2.24) is 15.5 Å². The summed E-state index contributed by atoms with van der Waals surface area (Å²) in [6.07, 6.45) is -0.142. The zero-order valence-electron chi connectivity index (χ0n) is 11.3. The van der Waals surface area contributed by atoms with E-state index in [-0.39, 0.29) is 12.1 Å². The van der Waals surface area contributed by atoms with Gasteiger partial charge in [-0.15, -0.1) is 0 Å². The second-order valence-electron chi connectivity index (χ2n) is 4.62. The first-order chi connectivity index (χ1) is 9.97. The van der Waals surface area contributed by atoms with Gasteiger partial charge >= 0.3 is 5.97 Å². The van der Waals surface area contributed by atoms with Crippen LogP contribution < -0.4 is 5.32 Å². The summed E-state index contributed by atoms with van der Waals surface area (Å²) in [7, 11) is 0. The highest BCUT2D eigenvalue weighted by Gasteiger charge is 2.16. The van der Waals surface area contributed by atoms with Crippen molar-refractivity contribution >= 4 is 23.5 Å². The fourth-order valence-electron chi connectivity index (χ4n) is 1.86. The molecule has 3 N–H and O–H groups in total. The monoisotopic (exact) mass is 307 g/mol. The van der Waals surface area contributed by atoms with Gasteiger partial charge in [0, 0.05) is 11.6 Å². The van der Waals surface area contributed by atoms with Crippen LogP contribution in [0.1, 0.15) is 23.8 Å². The minimum absolute atomic E-state index is 0.142. The quantitative estimate of drug-likeness (QED) is 0.790. The summed E-state index contributed by atoms with van der Waals surface area (Å²) < 4.78 is 0. The number of aromatic nitrogens is 2. The van der Waals surface area contributed by atoms with E-state index in [9.17, 15) is 9.59 Å².